The first-order valence-electron chi connectivity index (χ1n) is 7.53. The van der Waals surface area contributed by atoms with Crippen molar-refractivity contribution >= 4 is 0 Å². The lowest BCUT2D eigenvalue weighted by molar-refractivity contribution is 0.104. The molecule has 0 saturated heterocycles. The molecular formula is C18H21NO2. The zero-order chi connectivity index (χ0) is 14.7. The minimum Gasteiger partial charge on any atom is -0.481 e. The van der Waals surface area contributed by atoms with E-state index in [1.54, 1.807) is 13.3 Å². The standard InChI is InChI=1S/C18H21NO2/c1-21-18-15(9-5-11-19-18)12-14-8-4-7-13-6-2-3-10-16(13)17(14)20/h2-3,5-6,9-11,14,17,20H,4,7-8,12H2,1H3. The largest absolute Gasteiger partial charge is 0.481 e. The van der Waals surface area contributed by atoms with Gasteiger partial charge in [0.1, 0.15) is 0 Å². The minimum absolute atomic E-state index is 0.215. The van der Waals surface area contributed by atoms with Crippen LogP contribution in [0.25, 0.3) is 0 Å². The summed E-state index contributed by atoms with van der Waals surface area (Å²) in [4.78, 5) is 4.25. The first-order valence-corrected chi connectivity index (χ1v) is 7.53. The van der Waals surface area contributed by atoms with Gasteiger partial charge in [-0.1, -0.05) is 30.3 Å². The van der Waals surface area contributed by atoms with Gasteiger partial charge in [-0.3, -0.25) is 0 Å². The van der Waals surface area contributed by atoms with Crippen LogP contribution in [-0.2, 0) is 12.8 Å². The quantitative estimate of drug-likeness (QED) is 0.879. The van der Waals surface area contributed by atoms with Crippen LogP contribution < -0.4 is 4.74 Å². The lowest BCUT2D eigenvalue weighted by atomic mass is 9.88. The molecule has 1 aromatic heterocycles. The Morgan fingerprint density at radius 2 is 2.10 bits per heavy atom. The Hall–Kier alpha value is -1.87. The number of aliphatic hydroxyl groups is 1. The number of fused-ring (bicyclic) bond motifs is 1. The highest BCUT2D eigenvalue weighted by Gasteiger charge is 2.26. The third-order valence-corrected chi connectivity index (χ3v) is 4.37. The highest BCUT2D eigenvalue weighted by Crippen LogP contribution is 2.36. The van der Waals surface area contributed by atoms with E-state index in [0.29, 0.717) is 5.88 Å². The molecule has 0 amide bonds. The molecule has 2 unspecified atom stereocenters. The van der Waals surface area contributed by atoms with Crippen molar-refractivity contribution in [1.82, 2.24) is 4.98 Å². The van der Waals surface area contributed by atoms with Crippen LogP contribution in [-0.4, -0.2) is 17.2 Å². The van der Waals surface area contributed by atoms with Gasteiger partial charge in [0.05, 0.1) is 13.2 Å². The van der Waals surface area contributed by atoms with Crippen LogP contribution in [0.15, 0.2) is 42.6 Å². The van der Waals surface area contributed by atoms with Gasteiger partial charge < -0.3 is 9.84 Å². The van der Waals surface area contributed by atoms with Crippen LogP contribution >= 0.6 is 0 Å². The van der Waals surface area contributed by atoms with Crippen LogP contribution in [0.3, 0.4) is 0 Å². The van der Waals surface area contributed by atoms with E-state index in [1.165, 1.54) is 5.56 Å². The highest BCUT2D eigenvalue weighted by molar-refractivity contribution is 5.32. The molecule has 2 atom stereocenters. The smallest absolute Gasteiger partial charge is 0.216 e. The molecule has 2 aromatic rings. The predicted octanol–water partition coefficient (Wildman–Crippen LogP) is 3.32. The fourth-order valence-electron chi connectivity index (χ4n) is 3.28. The van der Waals surface area contributed by atoms with Crippen molar-refractivity contribution in [3.05, 3.63) is 59.3 Å². The molecule has 0 radical (unpaired) electrons. The number of rotatable bonds is 3. The van der Waals surface area contributed by atoms with Crippen LogP contribution in [0.4, 0.5) is 0 Å². The molecule has 1 N–H and O–H groups in total. The highest BCUT2D eigenvalue weighted by atomic mass is 16.5. The summed E-state index contributed by atoms with van der Waals surface area (Å²) in [7, 11) is 1.64. The van der Waals surface area contributed by atoms with Crippen molar-refractivity contribution in [2.75, 3.05) is 7.11 Å². The van der Waals surface area contributed by atoms with Crippen molar-refractivity contribution in [2.45, 2.75) is 31.8 Å². The van der Waals surface area contributed by atoms with E-state index >= 15 is 0 Å². The van der Waals surface area contributed by atoms with Crippen molar-refractivity contribution in [2.24, 2.45) is 5.92 Å². The Balaban J connectivity index is 1.86. The topological polar surface area (TPSA) is 42.4 Å². The molecule has 0 aliphatic heterocycles. The Kier molecular flexibility index (Phi) is 4.20. The number of aryl methyl sites for hydroxylation is 1. The van der Waals surface area contributed by atoms with Gasteiger partial charge in [0, 0.05) is 11.8 Å². The number of hydrogen-bond donors (Lipinski definition) is 1. The molecule has 0 spiro atoms. The lowest BCUT2D eigenvalue weighted by Crippen LogP contribution is -2.15. The molecule has 1 heterocycles. The van der Waals surface area contributed by atoms with Crippen LogP contribution in [0.2, 0.25) is 0 Å². The van der Waals surface area contributed by atoms with Crippen LogP contribution in [0.5, 0.6) is 5.88 Å². The van der Waals surface area contributed by atoms with E-state index in [4.69, 9.17) is 4.74 Å². The molecular weight excluding hydrogens is 262 g/mol. The predicted molar refractivity (Wildman–Crippen MR) is 82.3 cm³/mol. The second-order valence-electron chi connectivity index (χ2n) is 5.67. The number of ether oxygens (including phenoxy) is 1. The number of aliphatic hydroxyl groups excluding tert-OH is 1. The summed E-state index contributed by atoms with van der Waals surface area (Å²) < 4.78 is 5.33. The number of hydrogen-bond acceptors (Lipinski definition) is 3. The summed E-state index contributed by atoms with van der Waals surface area (Å²) in [6.45, 7) is 0. The zero-order valence-corrected chi connectivity index (χ0v) is 12.3. The van der Waals surface area contributed by atoms with E-state index < -0.39 is 6.10 Å². The Labute approximate surface area is 125 Å². The zero-order valence-electron chi connectivity index (χ0n) is 12.3. The molecule has 0 saturated carbocycles. The fraction of sp³-hybridized carbons (Fsp3) is 0.389. The van der Waals surface area contributed by atoms with Gasteiger partial charge in [0.25, 0.3) is 0 Å². The molecule has 110 valence electrons. The molecule has 1 aliphatic rings. The monoisotopic (exact) mass is 283 g/mol. The Bertz CT molecular complexity index is 612. The van der Waals surface area contributed by atoms with E-state index in [0.717, 1.165) is 36.8 Å². The maximum absolute atomic E-state index is 10.8. The van der Waals surface area contributed by atoms with Gasteiger partial charge in [-0.2, -0.15) is 0 Å². The molecule has 1 aliphatic carbocycles. The summed E-state index contributed by atoms with van der Waals surface area (Å²) in [5.74, 6) is 0.883. The van der Waals surface area contributed by atoms with Crippen molar-refractivity contribution < 1.29 is 9.84 Å². The number of nitrogens with zero attached hydrogens (tertiary/aromatic N) is 1. The molecule has 3 heteroatoms. The van der Waals surface area contributed by atoms with Gasteiger partial charge in [0.2, 0.25) is 5.88 Å². The van der Waals surface area contributed by atoms with Crippen molar-refractivity contribution in [3.8, 4) is 5.88 Å². The second kappa shape index (κ2) is 6.27. The van der Waals surface area contributed by atoms with E-state index in [9.17, 15) is 5.11 Å². The average molecular weight is 283 g/mol. The molecule has 0 fully saturated rings. The Morgan fingerprint density at radius 3 is 2.95 bits per heavy atom. The second-order valence-corrected chi connectivity index (χ2v) is 5.67. The fourth-order valence-corrected chi connectivity index (χ4v) is 3.28. The van der Waals surface area contributed by atoms with E-state index in [2.05, 4.69) is 23.2 Å². The molecule has 0 bridgehead atoms. The summed E-state index contributed by atoms with van der Waals surface area (Å²) in [5.41, 5.74) is 3.44. The third-order valence-electron chi connectivity index (χ3n) is 4.37. The van der Waals surface area contributed by atoms with Gasteiger partial charge in [-0.15, -0.1) is 0 Å². The number of aromatic nitrogens is 1. The molecule has 21 heavy (non-hydrogen) atoms. The molecule has 3 nitrogen and oxygen atoms in total. The van der Waals surface area contributed by atoms with E-state index in [1.807, 2.05) is 18.2 Å². The van der Waals surface area contributed by atoms with Gasteiger partial charge in [-0.25, -0.2) is 4.98 Å². The van der Waals surface area contributed by atoms with Gasteiger partial charge in [0.15, 0.2) is 0 Å². The first-order chi connectivity index (χ1) is 10.3. The summed E-state index contributed by atoms with van der Waals surface area (Å²) in [6, 6.07) is 12.2. The first kappa shape index (κ1) is 14.1. The minimum atomic E-state index is -0.409. The SMILES string of the molecule is COc1ncccc1CC1CCCc2ccccc2C1O. The average Bonchev–Trinajstić information content (AvgIpc) is 2.68. The molecule has 1 aromatic carbocycles. The summed E-state index contributed by atoms with van der Waals surface area (Å²) in [5, 5.41) is 10.8. The van der Waals surface area contributed by atoms with Crippen LogP contribution in [0.1, 0.15) is 35.6 Å². The summed E-state index contributed by atoms with van der Waals surface area (Å²) in [6.07, 6.45) is 5.31. The number of methoxy groups -OCH3 is 1. The van der Waals surface area contributed by atoms with E-state index in [-0.39, 0.29) is 5.92 Å². The molecule has 3 rings (SSSR count). The maximum atomic E-state index is 10.8. The van der Waals surface area contributed by atoms with Crippen LogP contribution in [0, 0.1) is 5.92 Å². The normalized spacial score (nSPS) is 21.4. The lowest BCUT2D eigenvalue weighted by Gasteiger charge is -2.22. The number of pyridine rings is 1. The van der Waals surface area contributed by atoms with Crippen molar-refractivity contribution in [3.63, 3.8) is 0 Å². The Morgan fingerprint density at radius 1 is 1.24 bits per heavy atom. The number of benzene rings is 1. The van der Waals surface area contributed by atoms with Crippen molar-refractivity contribution in [1.29, 1.82) is 0 Å². The summed E-state index contributed by atoms with van der Waals surface area (Å²) >= 11 is 0. The van der Waals surface area contributed by atoms with Gasteiger partial charge in [-0.05, 0) is 48.8 Å². The maximum Gasteiger partial charge on any atom is 0.216 e. The van der Waals surface area contributed by atoms with Gasteiger partial charge >= 0.3 is 0 Å². The third kappa shape index (κ3) is 2.93.